The number of hydrogen-bond donors (Lipinski definition) is 0. The minimum absolute atomic E-state index is 0.0903. The van der Waals surface area contributed by atoms with Gasteiger partial charge in [0, 0.05) is 5.56 Å². The molecule has 0 radical (unpaired) electrons. The van der Waals surface area contributed by atoms with E-state index in [0.29, 0.717) is 17.1 Å². The van der Waals surface area contributed by atoms with Crippen molar-refractivity contribution in [2.45, 2.75) is 6.61 Å². The topological polar surface area (TPSA) is 94.9 Å². The van der Waals surface area contributed by atoms with Crippen LogP contribution in [0.15, 0.2) is 48.0 Å². The number of ether oxygens (including phenoxy) is 4. The Bertz CT molecular complexity index is 995. The van der Waals surface area contributed by atoms with E-state index in [1.54, 1.807) is 24.3 Å². The summed E-state index contributed by atoms with van der Waals surface area (Å²) in [5, 5.41) is 9.20. The fraction of sp³-hybridized carbons (Fsp3) is 0.150. The fourth-order valence-electron chi connectivity index (χ4n) is 2.42. The highest BCUT2D eigenvalue weighted by Gasteiger charge is 2.17. The second-order valence-corrected chi connectivity index (χ2v) is 5.68. The second kappa shape index (κ2) is 8.84. The fourth-order valence-corrected chi connectivity index (χ4v) is 2.42. The number of fused-ring (bicyclic) bond motifs is 1. The Kier molecular flexibility index (Phi) is 6.04. The van der Waals surface area contributed by atoms with Crippen LogP contribution in [0.4, 0.5) is 8.78 Å². The standard InChI is InChI=1S/C20H13F2NO6/c21-20(22)29-15-4-2-13(3-5-15)16(24)10-26-19(25)14(9-23)7-12-1-6-17-18(8-12)28-11-27-17/h1-8,20H,10-11H2/b14-7+. The van der Waals surface area contributed by atoms with E-state index in [0.717, 1.165) is 0 Å². The van der Waals surface area contributed by atoms with Crippen LogP contribution in [0.1, 0.15) is 15.9 Å². The summed E-state index contributed by atoms with van der Waals surface area (Å²) in [4.78, 5) is 24.2. The van der Waals surface area contributed by atoms with E-state index in [9.17, 15) is 23.6 Å². The van der Waals surface area contributed by atoms with Gasteiger partial charge in [-0.15, -0.1) is 0 Å². The quantitative estimate of drug-likeness (QED) is 0.304. The van der Waals surface area contributed by atoms with E-state index in [1.807, 2.05) is 0 Å². The molecule has 0 bridgehead atoms. The average molecular weight is 401 g/mol. The smallest absolute Gasteiger partial charge is 0.387 e. The first-order chi connectivity index (χ1) is 14.0. The Morgan fingerprint density at radius 3 is 2.55 bits per heavy atom. The lowest BCUT2D eigenvalue weighted by Gasteiger charge is -2.06. The first-order valence-corrected chi connectivity index (χ1v) is 8.23. The van der Waals surface area contributed by atoms with Crippen molar-refractivity contribution in [3.05, 3.63) is 59.2 Å². The molecule has 0 N–H and O–H groups in total. The summed E-state index contributed by atoms with van der Waals surface area (Å²) in [6.45, 7) is -3.50. The highest BCUT2D eigenvalue weighted by atomic mass is 19.3. The second-order valence-electron chi connectivity index (χ2n) is 5.68. The third kappa shape index (κ3) is 5.07. The molecule has 1 heterocycles. The molecule has 0 spiro atoms. The molecular formula is C20H13F2NO6. The molecule has 2 aromatic carbocycles. The van der Waals surface area contributed by atoms with Gasteiger partial charge in [-0.1, -0.05) is 6.07 Å². The Morgan fingerprint density at radius 2 is 1.86 bits per heavy atom. The number of ketones is 1. The first-order valence-electron chi connectivity index (χ1n) is 8.23. The number of halogens is 2. The van der Waals surface area contributed by atoms with Crippen molar-refractivity contribution in [2.24, 2.45) is 0 Å². The van der Waals surface area contributed by atoms with Crippen LogP contribution in [-0.2, 0) is 9.53 Å². The summed E-state index contributed by atoms with van der Waals surface area (Å²) < 4.78 is 43.7. The molecule has 148 valence electrons. The number of esters is 1. The van der Waals surface area contributed by atoms with Gasteiger partial charge in [0.05, 0.1) is 0 Å². The minimum Gasteiger partial charge on any atom is -0.454 e. The molecule has 0 fully saturated rings. The van der Waals surface area contributed by atoms with E-state index >= 15 is 0 Å². The lowest BCUT2D eigenvalue weighted by Crippen LogP contribution is -2.15. The van der Waals surface area contributed by atoms with Crippen LogP contribution in [0.3, 0.4) is 0 Å². The number of Topliss-reactive ketones (excluding diaryl/α,β-unsaturated/α-hetero) is 1. The maximum atomic E-state index is 12.1. The maximum Gasteiger partial charge on any atom is 0.387 e. The van der Waals surface area contributed by atoms with Crippen LogP contribution in [0.2, 0.25) is 0 Å². The Labute approximate surface area is 163 Å². The zero-order valence-electron chi connectivity index (χ0n) is 14.8. The van der Waals surface area contributed by atoms with Gasteiger partial charge in [0.1, 0.15) is 17.4 Å². The van der Waals surface area contributed by atoms with Crippen molar-refractivity contribution in [3.8, 4) is 23.3 Å². The summed E-state index contributed by atoms with van der Waals surface area (Å²) in [5.74, 6) is -0.608. The largest absolute Gasteiger partial charge is 0.454 e. The zero-order chi connectivity index (χ0) is 20.8. The third-order valence-corrected chi connectivity index (χ3v) is 3.78. The van der Waals surface area contributed by atoms with Gasteiger partial charge >= 0.3 is 12.6 Å². The normalized spacial score (nSPS) is 12.4. The molecule has 0 amide bonds. The van der Waals surface area contributed by atoms with Crippen molar-refractivity contribution < 1.29 is 37.3 Å². The Hall–Kier alpha value is -3.93. The molecule has 0 saturated carbocycles. The maximum absolute atomic E-state index is 12.1. The predicted octanol–water partition coefficient (Wildman–Crippen LogP) is 3.35. The molecular weight excluding hydrogens is 388 g/mol. The van der Waals surface area contributed by atoms with Crippen LogP contribution in [0.5, 0.6) is 17.2 Å². The summed E-state index contributed by atoms with van der Waals surface area (Å²) in [6.07, 6.45) is 1.30. The number of carbonyl (C=O) groups is 2. The molecule has 1 aliphatic heterocycles. The van der Waals surface area contributed by atoms with E-state index in [4.69, 9.17) is 14.2 Å². The van der Waals surface area contributed by atoms with Gasteiger partial charge in [-0.2, -0.15) is 14.0 Å². The zero-order valence-corrected chi connectivity index (χ0v) is 14.8. The molecule has 7 nitrogen and oxygen atoms in total. The predicted molar refractivity (Wildman–Crippen MR) is 94.5 cm³/mol. The molecule has 0 aromatic heterocycles. The summed E-state index contributed by atoms with van der Waals surface area (Å²) in [5.41, 5.74) is 0.346. The van der Waals surface area contributed by atoms with Crippen LogP contribution in [0.25, 0.3) is 6.08 Å². The van der Waals surface area contributed by atoms with Crippen LogP contribution < -0.4 is 14.2 Å². The van der Waals surface area contributed by atoms with Gasteiger partial charge in [0.2, 0.25) is 6.79 Å². The van der Waals surface area contributed by atoms with Gasteiger partial charge in [0.25, 0.3) is 0 Å². The molecule has 0 atom stereocenters. The molecule has 9 heteroatoms. The van der Waals surface area contributed by atoms with E-state index in [2.05, 4.69) is 4.74 Å². The SMILES string of the molecule is N#C/C(=C\c1ccc2c(c1)OCO2)C(=O)OCC(=O)c1ccc(OC(F)F)cc1. The monoisotopic (exact) mass is 401 g/mol. The van der Waals surface area contributed by atoms with Crippen molar-refractivity contribution in [1.82, 2.24) is 0 Å². The number of nitriles is 1. The molecule has 0 unspecified atom stereocenters. The molecule has 29 heavy (non-hydrogen) atoms. The summed E-state index contributed by atoms with van der Waals surface area (Å²) in [7, 11) is 0. The van der Waals surface area contributed by atoms with Crippen molar-refractivity contribution in [3.63, 3.8) is 0 Å². The number of benzene rings is 2. The number of alkyl halides is 2. The molecule has 2 aromatic rings. The average Bonchev–Trinajstić information content (AvgIpc) is 3.18. The highest BCUT2D eigenvalue weighted by molar-refractivity contribution is 6.02. The number of rotatable bonds is 7. The van der Waals surface area contributed by atoms with Crippen molar-refractivity contribution in [2.75, 3.05) is 13.4 Å². The lowest BCUT2D eigenvalue weighted by atomic mass is 10.1. The van der Waals surface area contributed by atoms with Crippen molar-refractivity contribution in [1.29, 1.82) is 5.26 Å². The molecule has 1 aliphatic rings. The van der Waals surface area contributed by atoms with Crippen molar-refractivity contribution >= 4 is 17.8 Å². The van der Waals surface area contributed by atoms with Crippen LogP contribution in [0, 0.1) is 11.3 Å². The van der Waals surface area contributed by atoms with E-state index in [-0.39, 0.29) is 23.7 Å². The Morgan fingerprint density at radius 1 is 1.14 bits per heavy atom. The van der Waals surface area contributed by atoms with Gasteiger partial charge in [0.15, 0.2) is 23.9 Å². The molecule has 0 saturated heterocycles. The number of carbonyl (C=O) groups excluding carboxylic acids is 2. The van der Waals surface area contributed by atoms with E-state index in [1.165, 1.54) is 30.3 Å². The minimum atomic E-state index is -2.97. The summed E-state index contributed by atoms with van der Waals surface area (Å²) in [6, 6.07) is 11.5. The van der Waals surface area contributed by atoms with Crippen LogP contribution >= 0.6 is 0 Å². The van der Waals surface area contributed by atoms with Gasteiger partial charge < -0.3 is 18.9 Å². The molecule has 3 rings (SSSR count). The van der Waals surface area contributed by atoms with Crippen LogP contribution in [-0.4, -0.2) is 31.8 Å². The molecule has 0 aliphatic carbocycles. The van der Waals surface area contributed by atoms with E-state index < -0.39 is 25.0 Å². The summed E-state index contributed by atoms with van der Waals surface area (Å²) >= 11 is 0. The Balaban J connectivity index is 1.61. The highest BCUT2D eigenvalue weighted by Crippen LogP contribution is 2.33. The first kappa shape index (κ1) is 19.8. The van der Waals surface area contributed by atoms with Gasteiger partial charge in [-0.25, -0.2) is 4.79 Å². The number of hydrogen-bond acceptors (Lipinski definition) is 7. The number of nitrogens with zero attached hydrogens (tertiary/aromatic N) is 1. The van der Waals surface area contributed by atoms with Gasteiger partial charge in [-0.3, -0.25) is 4.79 Å². The van der Waals surface area contributed by atoms with Gasteiger partial charge in [-0.05, 0) is 48.0 Å². The lowest BCUT2D eigenvalue weighted by molar-refractivity contribution is -0.137. The third-order valence-electron chi connectivity index (χ3n) is 3.78.